The fourth-order valence-corrected chi connectivity index (χ4v) is 4.59. The Morgan fingerprint density at radius 3 is 2.39 bits per heavy atom. The summed E-state index contributed by atoms with van der Waals surface area (Å²) in [6, 6.07) is 18.8. The molecule has 2 amide bonds. The Hall–Kier alpha value is -3.34. The van der Waals surface area contributed by atoms with Crippen molar-refractivity contribution in [1.29, 1.82) is 0 Å². The van der Waals surface area contributed by atoms with Crippen molar-refractivity contribution in [3.63, 3.8) is 0 Å². The van der Waals surface area contributed by atoms with Gasteiger partial charge >= 0.3 is 0 Å². The van der Waals surface area contributed by atoms with E-state index < -0.39 is 6.04 Å². The first-order valence-electron chi connectivity index (χ1n) is 11.8. The van der Waals surface area contributed by atoms with Crippen LogP contribution in [0.1, 0.15) is 64.5 Å². The molecule has 0 aliphatic heterocycles. The number of hydrogen-bond donors (Lipinski definition) is 1. The molecule has 3 aromatic rings. The van der Waals surface area contributed by atoms with Crippen molar-refractivity contribution in [2.75, 3.05) is 6.54 Å². The number of nitrogens with zero attached hydrogens (tertiary/aromatic N) is 1. The standard InChI is InChI=1S/C28H32N2O3/c1-20-13-15-23(16-14-20)26(27(31)29-24-10-5-6-11-24)30(28(32)25-12-7-19-33-25)18-17-22-9-4-3-8-21(22)2/h3-4,7-9,12-16,19,24,26H,5-6,10-11,17-18H2,1-2H3,(H,29,31)/t26-/m1/s1. The van der Waals surface area contributed by atoms with E-state index in [0.717, 1.165) is 42.4 Å². The van der Waals surface area contributed by atoms with E-state index in [-0.39, 0.29) is 23.6 Å². The van der Waals surface area contributed by atoms with Gasteiger partial charge in [0.25, 0.3) is 5.91 Å². The van der Waals surface area contributed by atoms with Gasteiger partial charge in [0.05, 0.1) is 6.26 Å². The zero-order chi connectivity index (χ0) is 23.2. The summed E-state index contributed by atoms with van der Waals surface area (Å²) in [5.74, 6) is -0.165. The maximum absolute atomic E-state index is 13.6. The second kappa shape index (κ2) is 10.5. The molecule has 1 N–H and O–H groups in total. The molecule has 4 rings (SSSR count). The van der Waals surface area contributed by atoms with Crippen LogP contribution in [0.25, 0.3) is 0 Å². The molecule has 1 heterocycles. The molecule has 0 bridgehead atoms. The first kappa shape index (κ1) is 22.8. The molecule has 172 valence electrons. The van der Waals surface area contributed by atoms with Crippen LogP contribution in [0.2, 0.25) is 0 Å². The molecule has 0 radical (unpaired) electrons. The minimum Gasteiger partial charge on any atom is -0.459 e. The van der Waals surface area contributed by atoms with Gasteiger partial charge in [-0.2, -0.15) is 0 Å². The first-order valence-corrected chi connectivity index (χ1v) is 11.8. The van der Waals surface area contributed by atoms with Crippen LogP contribution in [0.5, 0.6) is 0 Å². The molecule has 2 aromatic carbocycles. The van der Waals surface area contributed by atoms with Crippen LogP contribution in [0.15, 0.2) is 71.3 Å². The zero-order valence-corrected chi connectivity index (χ0v) is 19.4. The van der Waals surface area contributed by atoms with Gasteiger partial charge in [-0.15, -0.1) is 0 Å². The van der Waals surface area contributed by atoms with Crippen molar-refractivity contribution in [1.82, 2.24) is 10.2 Å². The minimum absolute atomic E-state index is 0.129. The highest BCUT2D eigenvalue weighted by atomic mass is 16.3. The lowest BCUT2D eigenvalue weighted by Gasteiger charge is -2.32. The Balaban J connectivity index is 1.68. The molecular formula is C28H32N2O3. The second-order valence-electron chi connectivity index (χ2n) is 8.96. The fraction of sp³-hybridized carbons (Fsp3) is 0.357. The monoisotopic (exact) mass is 444 g/mol. The van der Waals surface area contributed by atoms with Gasteiger partial charge in [0.15, 0.2) is 5.76 Å². The van der Waals surface area contributed by atoms with E-state index in [1.54, 1.807) is 17.0 Å². The van der Waals surface area contributed by atoms with Crippen molar-refractivity contribution < 1.29 is 14.0 Å². The van der Waals surface area contributed by atoms with Crippen molar-refractivity contribution in [2.45, 2.75) is 58.0 Å². The Bertz CT molecular complexity index is 1070. The number of hydrogen-bond acceptors (Lipinski definition) is 3. The Labute approximate surface area is 195 Å². The van der Waals surface area contributed by atoms with E-state index in [2.05, 4.69) is 24.4 Å². The Morgan fingerprint density at radius 1 is 1.00 bits per heavy atom. The molecule has 1 atom stereocenters. The van der Waals surface area contributed by atoms with Gasteiger partial charge in [-0.3, -0.25) is 9.59 Å². The predicted octanol–water partition coefficient (Wildman–Crippen LogP) is 5.38. The van der Waals surface area contributed by atoms with E-state index in [0.29, 0.717) is 13.0 Å². The molecule has 1 fully saturated rings. The summed E-state index contributed by atoms with van der Waals surface area (Å²) in [5, 5.41) is 3.22. The van der Waals surface area contributed by atoms with Crippen LogP contribution in [-0.2, 0) is 11.2 Å². The van der Waals surface area contributed by atoms with Crippen LogP contribution < -0.4 is 5.32 Å². The predicted molar refractivity (Wildman–Crippen MR) is 129 cm³/mol. The molecule has 5 nitrogen and oxygen atoms in total. The van der Waals surface area contributed by atoms with Gasteiger partial charge in [0.2, 0.25) is 5.91 Å². The SMILES string of the molecule is Cc1ccc([C@H](C(=O)NC2CCCC2)N(CCc2ccccc2C)C(=O)c2ccco2)cc1. The van der Waals surface area contributed by atoms with Gasteiger partial charge < -0.3 is 14.6 Å². The third-order valence-electron chi connectivity index (χ3n) is 6.53. The molecule has 1 saturated carbocycles. The third-order valence-corrected chi connectivity index (χ3v) is 6.53. The lowest BCUT2D eigenvalue weighted by atomic mass is 10.00. The van der Waals surface area contributed by atoms with Crippen LogP contribution in [-0.4, -0.2) is 29.3 Å². The topological polar surface area (TPSA) is 62.6 Å². The first-order chi connectivity index (χ1) is 16.0. The summed E-state index contributed by atoms with van der Waals surface area (Å²) in [6.07, 6.45) is 6.37. The lowest BCUT2D eigenvalue weighted by molar-refractivity contribution is -0.126. The summed E-state index contributed by atoms with van der Waals surface area (Å²) in [6.45, 7) is 4.49. The van der Waals surface area contributed by atoms with Crippen LogP contribution in [0.4, 0.5) is 0 Å². The molecule has 0 unspecified atom stereocenters. The van der Waals surface area contributed by atoms with Crippen molar-refractivity contribution >= 4 is 11.8 Å². The van der Waals surface area contributed by atoms with Crippen LogP contribution >= 0.6 is 0 Å². The van der Waals surface area contributed by atoms with E-state index in [1.807, 2.05) is 43.3 Å². The van der Waals surface area contributed by atoms with E-state index >= 15 is 0 Å². The van der Waals surface area contributed by atoms with Crippen LogP contribution in [0.3, 0.4) is 0 Å². The highest BCUT2D eigenvalue weighted by Crippen LogP contribution is 2.27. The summed E-state index contributed by atoms with van der Waals surface area (Å²) in [5.41, 5.74) is 4.25. The minimum atomic E-state index is -0.729. The highest BCUT2D eigenvalue weighted by molar-refractivity contribution is 5.96. The quantitative estimate of drug-likeness (QED) is 0.507. The molecule has 0 saturated heterocycles. The normalized spacial score (nSPS) is 14.7. The van der Waals surface area contributed by atoms with Crippen molar-refractivity contribution in [3.05, 3.63) is 94.9 Å². The summed E-state index contributed by atoms with van der Waals surface area (Å²) in [4.78, 5) is 28.9. The summed E-state index contributed by atoms with van der Waals surface area (Å²) >= 11 is 0. The molecule has 0 spiro atoms. The average Bonchev–Trinajstić information content (AvgIpc) is 3.52. The number of benzene rings is 2. The van der Waals surface area contributed by atoms with E-state index in [9.17, 15) is 9.59 Å². The number of furan rings is 1. The van der Waals surface area contributed by atoms with E-state index in [4.69, 9.17) is 4.42 Å². The van der Waals surface area contributed by atoms with Gasteiger partial charge in [-0.25, -0.2) is 0 Å². The number of nitrogens with one attached hydrogen (secondary N) is 1. The molecule has 1 aromatic heterocycles. The number of carbonyl (C=O) groups excluding carboxylic acids is 2. The molecule has 33 heavy (non-hydrogen) atoms. The van der Waals surface area contributed by atoms with Gasteiger partial charge in [-0.1, -0.05) is 66.9 Å². The fourth-order valence-electron chi connectivity index (χ4n) is 4.59. The molecule has 1 aliphatic carbocycles. The zero-order valence-electron chi connectivity index (χ0n) is 19.4. The average molecular weight is 445 g/mol. The number of aryl methyl sites for hydroxylation is 2. The summed E-state index contributed by atoms with van der Waals surface area (Å²) in [7, 11) is 0. The number of carbonyl (C=O) groups is 2. The third kappa shape index (κ3) is 5.54. The largest absolute Gasteiger partial charge is 0.459 e. The van der Waals surface area contributed by atoms with Gasteiger partial charge in [0.1, 0.15) is 6.04 Å². The summed E-state index contributed by atoms with van der Waals surface area (Å²) < 4.78 is 5.45. The maximum Gasteiger partial charge on any atom is 0.290 e. The molecule has 5 heteroatoms. The van der Waals surface area contributed by atoms with Gasteiger partial charge in [-0.05, 0) is 61.9 Å². The van der Waals surface area contributed by atoms with Gasteiger partial charge in [0, 0.05) is 12.6 Å². The van der Waals surface area contributed by atoms with Crippen molar-refractivity contribution in [3.8, 4) is 0 Å². The van der Waals surface area contributed by atoms with Crippen molar-refractivity contribution in [2.24, 2.45) is 0 Å². The molecular weight excluding hydrogens is 412 g/mol. The number of rotatable bonds is 8. The second-order valence-corrected chi connectivity index (χ2v) is 8.96. The lowest BCUT2D eigenvalue weighted by Crippen LogP contribution is -2.46. The highest BCUT2D eigenvalue weighted by Gasteiger charge is 2.34. The Kier molecular flexibility index (Phi) is 7.28. The number of amides is 2. The Morgan fingerprint density at radius 2 is 1.73 bits per heavy atom. The van der Waals surface area contributed by atoms with Crippen LogP contribution in [0, 0.1) is 13.8 Å². The molecule has 1 aliphatic rings. The smallest absolute Gasteiger partial charge is 0.290 e. The van der Waals surface area contributed by atoms with E-state index in [1.165, 1.54) is 11.8 Å². The maximum atomic E-state index is 13.6.